The molecule has 1 heterocycles. The van der Waals surface area contributed by atoms with E-state index in [9.17, 15) is 22.8 Å². The number of alkyl halides is 3. The van der Waals surface area contributed by atoms with Crippen LogP contribution in [0.2, 0.25) is 0 Å². The maximum Gasteiger partial charge on any atom is 0.573 e. The summed E-state index contributed by atoms with van der Waals surface area (Å²) in [7, 11) is 2.13. The molecule has 9 heteroatoms. The van der Waals surface area contributed by atoms with Gasteiger partial charge in [-0.1, -0.05) is 55.3 Å². The van der Waals surface area contributed by atoms with E-state index in [0.717, 1.165) is 63.3 Å². The molecular formula is C32H38F3N2O4+. The zero-order chi connectivity index (χ0) is 29.3. The second kappa shape index (κ2) is 11.5. The van der Waals surface area contributed by atoms with E-state index >= 15 is 0 Å². The van der Waals surface area contributed by atoms with Crippen molar-refractivity contribution < 1.29 is 36.7 Å². The van der Waals surface area contributed by atoms with Crippen molar-refractivity contribution in [3.05, 3.63) is 71.5 Å². The summed E-state index contributed by atoms with van der Waals surface area (Å²) in [6.07, 6.45) is 2.58. The zero-order valence-electron chi connectivity index (χ0n) is 23.6. The van der Waals surface area contributed by atoms with E-state index in [2.05, 4.69) is 17.1 Å². The predicted octanol–water partition coefficient (Wildman–Crippen LogP) is 6.32. The van der Waals surface area contributed by atoms with E-state index in [-0.39, 0.29) is 5.41 Å². The normalized spacial score (nSPS) is 28.4. The third-order valence-corrected chi connectivity index (χ3v) is 9.04. The number of hydrogen-bond donors (Lipinski definition) is 1. The standard InChI is InChI=1S/C32H37F3N2O4/c1-22(38)40-27-13-8-12-25(18-27)31-16-7-6-11-26(31)21-37(2,20-24-14-15-24)29(19-31)36-30(39)28(41-32(33,34)35)17-23-9-4-3-5-10-23/h3-5,8-10,12-13,17-18,24,26,29H,6-7,11,14-16,19-21H2,1-2H3/p+1/t26?,29-,31?,37+/m0/s1. The number of esters is 1. The van der Waals surface area contributed by atoms with E-state index in [0.29, 0.717) is 34.1 Å². The number of quaternary nitrogens is 1. The van der Waals surface area contributed by atoms with Crippen LogP contribution in [0.5, 0.6) is 5.75 Å². The highest BCUT2D eigenvalue weighted by Crippen LogP contribution is 2.53. The van der Waals surface area contributed by atoms with Gasteiger partial charge in [-0.3, -0.25) is 14.9 Å². The summed E-state index contributed by atoms with van der Waals surface area (Å²) in [5.41, 5.74) is 1.18. The van der Waals surface area contributed by atoms with Crippen molar-refractivity contribution in [2.45, 2.75) is 69.8 Å². The number of likely N-dealkylation sites (tertiary alicyclic amines) is 1. The number of carbonyl (C=O) groups excluding carboxylic acids is 2. The maximum atomic E-state index is 13.6. The molecule has 3 aliphatic rings. The molecule has 220 valence electrons. The molecule has 0 spiro atoms. The average Bonchev–Trinajstić information content (AvgIpc) is 3.72. The van der Waals surface area contributed by atoms with Gasteiger partial charge >= 0.3 is 12.3 Å². The first-order valence-electron chi connectivity index (χ1n) is 14.4. The number of nitrogens with zero attached hydrogens (tertiary/aromatic N) is 1. The number of rotatable bonds is 8. The van der Waals surface area contributed by atoms with Crippen molar-refractivity contribution in [2.24, 2.45) is 11.8 Å². The number of nitrogens with one attached hydrogen (secondary N) is 1. The highest BCUT2D eigenvalue weighted by atomic mass is 19.4. The summed E-state index contributed by atoms with van der Waals surface area (Å²) >= 11 is 0. The van der Waals surface area contributed by atoms with Crippen LogP contribution in [-0.4, -0.2) is 49.0 Å². The Morgan fingerprint density at radius 1 is 1.07 bits per heavy atom. The number of piperidine rings is 1. The van der Waals surface area contributed by atoms with E-state index in [1.54, 1.807) is 36.4 Å². The van der Waals surface area contributed by atoms with Crippen molar-refractivity contribution >= 4 is 18.0 Å². The lowest BCUT2D eigenvalue weighted by molar-refractivity contribution is -0.947. The number of halogens is 3. The Morgan fingerprint density at radius 2 is 1.83 bits per heavy atom. The van der Waals surface area contributed by atoms with Crippen molar-refractivity contribution in [3.63, 3.8) is 0 Å². The fraction of sp³-hybridized carbons (Fsp3) is 0.500. The molecule has 2 unspecified atom stereocenters. The molecule has 6 nitrogen and oxygen atoms in total. The Morgan fingerprint density at radius 3 is 2.51 bits per heavy atom. The maximum absolute atomic E-state index is 13.6. The Hall–Kier alpha value is -3.33. The zero-order valence-corrected chi connectivity index (χ0v) is 23.6. The summed E-state index contributed by atoms with van der Waals surface area (Å²) in [6.45, 7) is 3.03. The fourth-order valence-corrected chi connectivity index (χ4v) is 7.06. The van der Waals surface area contributed by atoms with E-state index in [4.69, 9.17) is 4.74 Å². The number of ether oxygens (including phenoxy) is 2. The summed E-state index contributed by atoms with van der Waals surface area (Å²) < 4.78 is 50.5. The van der Waals surface area contributed by atoms with Crippen LogP contribution in [0.1, 0.15) is 63.0 Å². The van der Waals surface area contributed by atoms with Gasteiger partial charge in [0.15, 0.2) is 11.9 Å². The second-order valence-corrected chi connectivity index (χ2v) is 12.2. The lowest BCUT2D eigenvalue weighted by Crippen LogP contribution is -2.70. The third-order valence-electron chi connectivity index (χ3n) is 9.04. The summed E-state index contributed by atoms with van der Waals surface area (Å²) in [5.74, 6) is -0.709. The molecule has 0 bridgehead atoms. The highest BCUT2D eigenvalue weighted by molar-refractivity contribution is 5.96. The molecule has 4 atom stereocenters. The third kappa shape index (κ3) is 6.94. The Kier molecular flexibility index (Phi) is 8.19. The SMILES string of the molecule is CC(=O)Oc1cccc(C23CCCCC2C[N@@+](C)(CC2CC2)[C@H](NC(=O)C(=Cc2ccccc2)OC(F)(F)F)C3)c1. The molecule has 1 N–H and O–H groups in total. The van der Waals surface area contributed by atoms with Crippen molar-refractivity contribution in [2.75, 3.05) is 20.1 Å². The minimum atomic E-state index is -5.01. The lowest BCUT2D eigenvalue weighted by Gasteiger charge is -2.57. The second-order valence-electron chi connectivity index (χ2n) is 12.2. The van der Waals surface area contributed by atoms with Crippen LogP contribution in [0.25, 0.3) is 6.08 Å². The van der Waals surface area contributed by atoms with Gasteiger partial charge in [-0.2, -0.15) is 0 Å². The highest BCUT2D eigenvalue weighted by Gasteiger charge is 2.56. The largest absolute Gasteiger partial charge is 0.573 e. The predicted molar refractivity (Wildman–Crippen MR) is 148 cm³/mol. The number of fused-ring (bicyclic) bond motifs is 1. The smallest absolute Gasteiger partial charge is 0.427 e. The van der Waals surface area contributed by atoms with E-state index in [1.165, 1.54) is 6.92 Å². The molecule has 1 amide bonds. The van der Waals surface area contributed by atoms with Crippen LogP contribution in [-0.2, 0) is 19.7 Å². The monoisotopic (exact) mass is 571 g/mol. The van der Waals surface area contributed by atoms with Crippen molar-refractivity contribution in [1.29, 1.82) is 0 Å². The molecule has 2 aromatic carbocycles. The van der Waals surface area contributed by atoms with Gasteiger partial charge in [0.1, 0.15) is 5.75 Å². The number of benzene rings is 2. The van der Waals surface area contributed by atoms with Gasteiger partial charge in [-0.05, 0) is 55.0 Å². The Bertz CT molecular complexity index is 1290. The molecule has 2 aromatic rings. The first kappa shape index (κ1) is 29.2. The van der Waals surface area contributed by atoms with Gasteiger partial charge in [0.25, 0.3) is 5.91 Å². The van der Waals surface area contributed by atoms with Crippen LogP contribution in [0, 0.1) is 11.8 Å². The van der Waals surface area contributed by atoms with Gasteiger partial charge in [0, 0.05) is 30.6 Å². The lowest BCUT2D eigenvalue weighted by atomic mass is 9.58. The molecule has 1 saturated heterocycles. The van der Waals surface area contributed by atoms with Crippen LogP contribution in [0.3, 0.4) is 0 Å². The topological polar surface area (TPSA) is 64.6 Å². The molecule has 2 aliphatic carbocycles. The van der Waals surface area contributed by atoms with E-state index in [1.807, 2.05) is 18.2 Å². The Balaban J connectivity index is 1.50. The van der Waals surface area contributed by atoms with Gasteiger partial charge in [0.2, 0.25) is 0 Å². The minimum Gasteiger partial charge on any atom is -0.427 e. The average molecular weight is 572 g/mol. The molecule has 3 fully saturated rings. The first-order chi connectivity index (χ1) is 19.5. The molecule has 5 rings (SSSR count). The quantitative estimate of drug-likeness (QED) is 0.132. The molecule has 0 aromatic heterocycles. The molecule has 41 heavy (non-hydrogen) atoms. The number of hydrogen-bond acceptors (Lipinski definition) is 4. The Labute approximate surface area is 239 Å². The van der Waals surface area contributed by atoms with Gasteiger partial charge in [0.05, 0.1) is 20.1 Å². The first-order valence-corrected chi connectivity index (χ1v) is 14.4. The summed E-state index contributed by atoms with van der Waals surface area (Å²) in [6, 6.07) is 16.0. The van der Waals surface area contributed by atoms with Gasteiger partial charge in [-0.15, -0.1) is 13.2 Å². The number of carbonyl (C=O) groups is 2. The summed E-state index contributed by atoms with van der Waals surface area (Å²) in [4.78, 5) is 25.3. The van der Waals surface area contributed by atoms with Crippen LogP contribution in [0.15, 0.2) is 60.4 Å². The van der Waals surface area contributed by atoms with Crippen molar-refractivity contribution in [1.82, 2.24) is 5.32 Å². The molecule has 2 saturated carbocycles. The fourth-order valence-electron chi connectivity index (χ4n) is 7.06. The minimum absolute atomic E-state index is 0.304. The van der Waals surface area contributed by atoms with E-state index < -0.39 is 30.2 Å². The molecule has 1 aliphatic heterocycles. The van der Waals surface area contributed by atoms with Crippen LogP contribution < -0.4 is 10.1 Å². The van der Waals surface area contributed by atoms with Gasteiger partial charge < -0.3 is 14.0 Å². The van der Waals surface area contributed by atoms with Crippen LogP contribution in [0.4, 0.5) is 13.2 Å². The summed E-state index contributed by atoms with van der Waals surface area (Å²) in [5, 5.41) is 3.01. The van der Waals surface area contributed by atoms with Gasteiger partial charge in [-0.25, -0.2) is 0 Å². The molecule has 0 radical (unpaired) electrons. The van der Waals surface area contributed by atoms with Crippen molar-refractivity contribution in [3.8, 4) is 5.75 Å². The van der Waals surface area contributed by atoms with Crippen LogP contribution >= 0.6 is 0 Å². The molecular weight excluding hydrogens is 533 g/mol. The number of amides is 1.